The van der Waals surface area contributed by atoms with E-state index >= 15 is 0 Å². The maximum Gasteiger partial charge on any atom is 0.321 e. The fraction of sp³-hybridized carbons (Fsp3) is 0.480. The van der Waals surface area contributed by atoms with Crippen molar-refractivity contribution in [1.29, 1.82) is 0 Å². The lowest BCUT2D eigenvalue weighted by molar-refractivity contribution is -0.131. The zero-order valence-electron chi connectivity index (χ0n) is 18.4. The molecular formula is C25H31N5O2. The summed E-state index contributed by atoms with van der Waals surface area (Å²) >= 11 is 0. The summed E-state index contributed by atoms with van der Waals surface area (Å²) in [7, 11) is 0. The van der Waals surface area contributed by atoms with Crippen LogP contribution in [-0.4, -0.2) is 77.4 Å². The van der Waals surface area contributed by atoms with Gasteiger partial charge in [0, 0.05) is 56.1 Å². The molecule has 4 heterocycles. The maximum absolute atomic E-state index is 12.6. The number of hydrogen-bond acceptors (Lipinski definition) is 4. The summed E-state index contributed by atoms with van der Waals surface area (Å²) in [6.07, 6.45) is 7.07. The molecule has 0 radical (unpaired) electrons. The summed E-state index contributed by atoms with van der Waals surface area (Å²) in [6, 6.07) is 12.1. The van der Waals surface area contributed by atoms with E-state index in [9.17, 15) is 9.59 Å². The molecule has 0 saturated carbocycles. The van der Waals surface area contributed by atoms with Gasteiger partial charge in [-0.05, 0) is 61.7 Å². The Morgan fingerprint density at radius 2 is 1.66 bits per heavy atom. The Labute approximate surface area is 189 Å². The molecule has 0 spiro atoms. The van der Waals surface area contributed by atoms with Crippen molar-refractivity contribution in [1.82, 2.24) is 19.7 Å². The number of benzene rings is 1. The number of amides is 3. The Bertz CT molecular complexity index is 937. The Morgan fingerprint density at radius 1 is 0.906 bits per heavy atom. The molecule has 3 saturated heterocycles. The first-order valence-corrected chi connectivity index (χ1v) is 11.7. The largest absolute Gasteiger partial charge is 0.341 e. The Hall–Kier alpha value is -2.93. The number of carbonyl (C=O) groups excluding carboxylic acids is 2. The Balaban J connectivity index is 1.09. The number of anilines is 1. The average molecular weight is 434 g/mol. The monoisotopic (exact) mass is 433 g/mol. The van der Waals surface area contributed by atoms with E-state index in [0.29, 0.717) is 18.4 Å². The highest BCUT2D eigenvalue weighted by molar-refractivity contribution is 5.90. The fourth-order valence-electron chi connectivity index (χ4n) is 5.00. The number of nitrogens with zero attached hydrogens (tertiary/aromatic N) is 4. The van der Waals surface area contributed by atoms with E-state index in [2.05, 4.69) is 33.4 Å². The number of urea groups is 1. The van der Waals surface area contributed by atoms with Gasteiger partial charge >= 0.3 is 6.03 Å². The van der Waals surface area contributed by atoms with E-state index in [1.807, 2.05) is 34.2 Å². The van der Waals surface area contributed by atoms with Crippen molar-refractivity contribution in [3.8, 4) is 0 Å². The SMILES string of the molecule is O=C(CN1CCCC1)N1CCC(c2ccc(NC(=O)N3CC(c4cccnc4)C3)cc2)C1. The standard InChI is InChI=1S/C25H31N5O2/c31-24(18-28-11-1-2-12-28)29-13-9-21(15-29)19-5-7-23(8-6-19)27-25(32)30-16-22(17-30)20-4-3-10-26-14-20/h3-8,10,14,21-22H,1-2,9,11-13,15-18H2,(H,27,32). The summed E-state index contributed by atoms with van der Waals surface area (Å²) < 4.78 is 0. The molecule has 1 aromatic carbocycles. The highest BCUT2D eigenvalue weighted by atomic mass is 16.2. The van der Waals surface area contributed by atoms with E-state index in [0.717, 1.165) is 51.4 Å². The molecule has 1 atom stereocenters. The van der Waals surface area contributed by atoms with E-state index < -0.39 is 0 Å². The quantitative estimate of drug-likeness (QED) is 0.787. The smallest absolute Gasteiger partial charge is 0.321 e. The predicted octanol–water partition coefficient (Wildman–Crippen LogP) is 3.12. The highest BCUT2D eigenvalue weighted by Gasteiger charge is 2.32. The number of likely N-dealkylation sites (tertiary alicyclic amines) is 3. The van der Waals surface area contributed by atoms with Crippen LogP contribution >= 0.6 is 0 Å². The topological polar surface area (TPSA) is 68.8 Å². The number of hydrogen-bond donors (Lipinski definition) is 1. The van der Waals surface area contributed by atoms with Crippen LogP contribution in [0.25, 0.3) is 0 Å². The third-order valence-corrected chi connectivity index (χ3v) is 7.06. The van der Waals surface area contributed by atoms with Gasteiger partial charge in [-0.15, -0.1) is 0 Å². The van der Waals surface area contributed by atoms with Crippen molar-refractivity contribution >= 4 is 17.6 Å². The summed E-state index contributed by atoms with van der Waals surface area (Å²) in [5.41, 5.74) is 3.23. The van der Waals surface area contributed by atoms with Crippen molar-refractivity contribution in [3.05, 3.63) is 59.9 Å². The minimum atomic E-state index is -0.0579. The highest BCUT2D eigenvalue weighted by Crippen LogP contribution is 2.29. The Morgan fingerprint density at radius 3 is 2.38 bits per heavy atom. The van der Waals surface area contributed by atoms with Gasteiger partial charge < -0.3 is 15.1 Å². The van der Waals surface area contributed by atoms with Gasteiger partial charge in [0.25, 0.3) is 0 Å². The molecule has 1 N–H and O–H groups in total. The maximum atomic E-state index is 12.6. The third-order valence-electron chi connectivity index (χ3n) is 7.06. The molecule has 0 aliphatic carbocycles. The number of pyridine rings is 1. The van der Waals surface area contributed by atoms with Crippen LogP contribution in [0.3, 0.4) is 0 Å². The minimum absolute atomic E-state index is 0.0579. The fourth-order valence-corrected chi connectivity index (χ4v) is 5.00. The van der Waals surface area contributed by atoms with Crippen LogP contribution in [0.15, 0.2) is 48.8 Å². The zero-order valence-corrected chi connectivity index (χ0v) is 18.4. The van der Waals surface area contributed by atoms with Gasteiger partial charge in [-0.1, -0.05) is 18.2 Å². The number of nitrogens with one attached hydrogen (secondary N) is 1. The van der Waals surface area contributed by atoms with Gasteiger partial charge in [0.15, 0.2) is 0 Å². The molecule has 3 amide bonds. The van der Waals surface area contributed by atoms with Crippen LogP contribution in [0.2, 0.25) is 0 Å². The lowest BCUT2D eigenvalue weighted by Crippen LogP contribution is -2.50. The minimum Gasteiger partial charge on any atom is -0.341 e. The lowest BCUT2D eigenvalue weighted by atomic mass is 9.93. The van der Waals surface area contributed by atoms with Gasteiger partial charge in [0.1, 0.15) is 0 Å². The van der Waals surface area contributed by atoms with Gasteiger partial charge in [0.05, 0.1) is 6.54 Å². The summed E-state index contributed by atoms with van der Waals surface area (Å²) in [5.74, 6) is 1.01. The number of rotatable bonds is 5. The molecule has 1 unspecified atom stereocenters. The molecule has 5 rings (SSSR count). The van der Waals surface area contributed by atoms with Crippen molar-refractivity contribution < 1.29 is 9.59 Å². The molecule has 168 valence electrons. The first-order valence-electron chi connectivity index (χ1n) is 11.7. The second kappa shape index (κ2) is 9.28. The Kier molecular flexibility index (Phi) is 6.08. The van der Waals surface area contributed by atoms with Crippen LogP contribution in [0.1, 0.15) is 42.2 Å². The van der Waals surface area contributed by atoms with Crippen molar-refractivity contribution in [2.75, 3.05) is 51.1 Å². The first kappa shape index (κ1) is 20.9. The third kappa shape index (κ3) is 4.63. The molecule has 2 aromatic rings. The molecule has 3 aliphatic heterocycles. The van der Waals surface area contributed by atoms with Crippen molar-refractivity contribution in [2.45, 2.75) is 31.1 Å². The molecule has 7 nitrogen and oxygen atoms in total. The molecule has 32 heavy (non-hydrogen) atoms. The van der Waals surface area contributed by atoms with E-state index in [1.54, 1.807) is 6.20 Å². The number of carbonyl (C=O) groups is 2. The van der Waals surface area contributed by atoms with Gasteiger partial charge in [0.2, 0.25) is 5.91 Å². The van der Waals surface area contributed by atoms with Crippen molar-refractivity contribution in [3.63, 3.8) is 0 Å². The summed E-state index contributed by atoms with van der Waals surface area (Å²) in [5, 5.41) is 3.00. The number of aromatic nitrogens is 1. The molecule has 3 aliphatic rings. The zero-order chi connectivity index (χ0) is 21.9. The van der Waals surface area contributed by atoms with E-state index in [4.69, 9.17) is 0 Å². The van der Waals surface area contributed by atoms with Crippen LogP contribution in [0, 0.1) is 0 Å². The van der Waals surface area contributed by atoms with Crippen molar-refractivity contribution in [2.24, 2.45) is 0 Å². The molecule has 1 aromatic heterocycles. The van der Waals surface area contributed by atoms with E-state index in [1.165, 1.54) is 24.0 Å². The summed E-state index contributed by atoms with van der Waals surface area (Å²) in [4.78, 5) is 35.4. The lowest BCUT2D eigenvalue weighted by Gasteiger charge is -2.39. The first-order chi connectivity index (χ1) is 15.7. The summed E-state index contributed by atoms with van der Waals surface area (Å²) in [6.45, 7) is 5.74. The van der Waals surface area contributed by atoms with Gasteiger partial charge in [-0.3, -0.25) is 14.7 Å². The molecule has 7 heteroatoms. The van der Waals surface area contributed by atoms with E-state index in [-0.39, 0.29) is 11.9 Å². The second-order valence-electron chi connectivity index (χ2n) is 9.25. The normalized spacial score (nSPS) is 21.6. The second-order valence-corrected chi connectivity index (χ2v) is 9.25. The van der Waals surface area contributed by atoms with Crippen LogP contribution < -0.4 is 5.32 Å². The molecular weight excluding hydrogens is 402 g/mol. The average Bonchev–Trinajstić information content (AvgIpc) is 3.46. The van der Waals surface area contributed by atoms with Gasteiger partial charge in [-0.25, -0.2) is 4.79 Å². The van der Waals surface area contributed by atoms with Crippen LogP contribution in [0.4, 0.5) is 10.5 Å². The van der Waals surface area contributed by atoms with Crippen LogP contribution in [0.5, 0.6) is 0 Å². The van der Waals surface area contributed by atoms with Gasteiger partial charge in [-0.2, -0.15) is 0 Å². The van der Waals surface area contributed by atoms with Crippen LogP contribution in [-0.2, 0) is 4.79 Å². The predicted molar refractivity (Wildman–Crippen MR) is 124 cm³/mol. The molecule has 0 bridgehead atoms. The molecule has 3 fully saturated rings.